The van der Waals surface area contributed by atoms with Gasteiger partial charge in [0.25, 0.3) is 0 Å². The smallest absolute Gasteiger partial charge is 0.228 e. The van der Waals surface area contributed by atoms with Gasteiger partial charge in [0.05, 0.1) is 26.2 Å². The summed E-state index contributed by atoms with van der Waals surface area (Å²) in [4.78, 5) is 11.8. The fourth-order valence-electron chi connectivity index (χ4n) is 3.65. The van der Waals surface area contributed by atoms with Crippen LogP contribution >= 0.6 is 0 Å². The first-order chi connectivity index (χ1) is 12.7. The summed E-state index contributed by atoms with van der Waals surface area (Å²) in [6.45, 7) is 8.77. The van der Waals surface area contributed by atoms with Gasteiger partial charge in [-0.25, -0.2) is 0 Å². The topological polar surface area (TPSA) is 80.0 Å². The maximum Gasteiger partial charge on any atom is 0.228 e. The normalized spacial score (nSPS) is 24.0. The average Bonchev–Trinajstić information content (AvgIpc) is 2.64. The van der Waals surface area contributed by atoms with E-state index in [0.29, 0.717) is 11.5 Å². The third kappa shape index (κ3) is 5.36. The average molecular weight is 400 g/mol. The highest BCUT2D eigenvalue weighted by Gasteiger charge is 2.53. The molecule has 0 radical (unpaired) electrons. The number of amides is 1. The van der Waals surface area contributed by atoms with Crippen molar-refractivity contribution in [1.29, 1.82) is 0 Å². The molecule has 6 nitrogen and oxygen atoms in total. The number of unbranched alkanes of at least 4 members (excludes halogenated alkanes) is 1. The highest BCUT2D eigenvalue weighted by atomic mass is 28.4. The van der Waals surface area contributed by atoms with Gasteiger partial charge in [-0.15, -0.1) is 0 Å². The quantitative estimate of drug-likeness (QED) is 0.506. The maximum atomic E-state index is 11.8. The Morgan fingerprint density at radius 2 is 1.70 bits per heavy atom. The monoisotopic (exact) mass is 399 g/mol. The van der Waals surface area contributed by atoms with E-state index in [1.54, 1.807) is 33.5 Å². The Balaban J connectivity index is 3.41. The lowest BCUT2D eigenvalue weighted by Crippen LogP contribution is -2.55. The van der Waals surface area contributed by atoms with Crippen molar-refractivity contribution < 1.29 is 23.4 Å². The summed E-state index contributed by atoms with van der Waals surface area (Å²) in [7, 11) is 2.83. The van der Waals surface area contributed by atoms with Gasteiger partial charge < -0.3 is 24.4 Å². The summed E-state index contributed by atoms with van der Waals surface area (Å²) < 4.78 is 24.1. The van der Waals surface area contributed by atoms with Gasteiger partial charge in [0.2, 0.25) is 11.5 Å². The molecular weight excluding hydrogens is 362 g/mol. The largest absolute Gasteiger partial charge is 0.498 e. The molecule has 2 N–H and O–H groups in total. The van der Waals surface area contributed by atoms with Crippen molar-refractivity contribution in [3.8, 4) is 0 Å². The van der Waals surface area contributed by atoms with Crippen LogP contribution in [0.2, 0.25) is 19.1 Å². The molecule has 0 saturated carbocycles. The molecule has 1 atom stereocenters. The SMILES string of the molecule is CCCC[Si](C)(C)OC(CCC)C1(OC)C(OC)=CC(C(N)=O)C=C1OC. The minimum absolute atomic E-state index is 0.280. The Kier molecular flexibility index (Phi) is 9.04. The van der Waals surface area contributed by atoms with Crippen molar-refractivity contribution >= 4 is 14.2 Å². The number of primary amides is 1. The number of ether oxygens (including phenoxy) is 3. The van der Waals surface area contributed by atoms with Crippen molar-refractivity contribution in [3.63, 3.8) is 0 Å². The lowest BCUT2D eigenvalue weighted by Gasteiger charge is -2.45. The minimum Gasteiger partial charge on any atom is -0.498 e. The van der Waals surface area contributed by atoms with Gasteiger partial charge in [-0.3, -0.25) is 4.79 Å². The number of hydrogen-bond acceptors (Lipinski definition) is 5. The van der Waals surface area contributed by atoms with Crippen LogP contribution in [-0.4, -0.2) is 47.3 Å². The first-order valence-electron chi connectivity index (χ1n) is 9.77. The molecule has 7 heteroatoms. The second kappa shape index (κ2) is 10.3. The zero-order valence-corrected chi connectivity index (χ0v) is 19.0. The molecule has 0 heterocycles. The van der Waals surface area contributed by atoms with Crippen LogP contribution in [0.4, 0.5) is 0 Å². The van der Waals surface area contributed by atoms with Crippen molar-refractivity contribution in [1.82, 2.24) is 0 Å². The summed E-state index contributed by atoms with van der Waals surface area (Å²) in [6, 6.07) is 1.07. The Morgan fingerprint density at radius 1 is 1.15 bits per heavy atom. The van der Waals surface area contributed by atoms with E-state index in [0.717, 1.165) is 31.7 Å². The molecule has 27 heavy (non-hydrogen) atoms. The number of methoxy groups -OCH3 is 3. The summed E-state index contributed by atoms with van der Waals surface area (Å²) in [5.74, 6) is -0.0565. The molecule has 0 saturated heterocycles. The van der Waals surface area contributed by atoms with Crippen molar-refractivity contribution in [2.75, 3.05) is 21.3 Å². The standard InChI is InChI=1S/C20H37NO5Si/c1-8-10-12-27(6,7)26-16(11-9-2)20(25-5)17(23-3)13-15(19(21)22)14-18(20)24-4/h13-16H,8-12H2,1-7H3,(H2,21,22). The van der Waals surface area contributed by atoms with Crippen LogP contribution in [0.5, 0.6) is 0 Å². The highest BCUT2D eigenvalue weighted by Crippen LogP contribution is 2.43. The van der Waals surface area contributed by atoms with Crippen LogP contribution < -0.4 is 5.73 Å². The molecular formula is C20H37NO5Si. The Bertz CT molecular complexity index is 537. The van der Waals surface area contributed by atoms with Gasteiger partial charge in [-0.05, 0) is 37.7 Å². The number of carbonyl (C=O) groups is 1. The molecule has 0 aromatic carbocycles. The van der Waals surface area contributed by atoms with E-state index < -0.39 is 25.7 Å². The van der Waals surface area contributed by atoms with Crippen molar-refractivity contribution in [2.45, 2.75) is 70.4 Å². The van der Waals surface area contributed by atoms with Crippen LogP contribution in [0.1, 0.15) is 39.5 Å². The summed E-state index contributed by atoms with van der Waals surface area (Å²) >= 11 is 0. The molecule has 0 aliphatic heterocycles. The molecule has 0 fully saturated rings. The van der Waals surface area contributed by atoms with Gasteiger partial charge in [0.1, 0.15) is 11.5 Å². The minimum atomic E-state index is -1.93. The van der Waals surface area contributed by atoms with E-state index in [4.69, 9.17) is 24.4 Å². The molecule has 0 aromatic rings. The van der Waals surface area contributed by atoms with Gasteiger partial charge in [-0.1, -0.05) is 33.1 Å². The van der Waals surface area contributed by atoms with E-state index in [1.165, 1.54) is 0 Å². The molecule has 156 valence electrons. The fraction of sp³-hybridized carbons (Fsp3) is 0.750. The third-order valence-electron chi connectivity index (χ3n) is 5.08. The van der Waals surface area contributed by atoms with Gasteiger partial charge in [0.15, 0.2) is 8.32 Å². The van der Waals surface area contributed by atoms with Crippen LogP contribution in [-0.2, 0) is 23.4 Å². The first-order valence-corrected chi connectivity index (χ1v) is 12.9. The zero-order valence-electron chi connectivity index (χ0n) is 18.0. The molecule has 0 spiro atoms. The summed E-state index contributed by atoms with van der Waals surface area (Å²) in [5, 5.41) is 0. The van der Waals surface area contributed by atoms with E-state index in [9.17, 15) is 4.79 Å². The lowest BCUT2D eigenvalue weighted by atomic mass is 9.82. The van der Waals surface area contributed by atoms with Crippen LogP contribution in [0, 0.1) is 5.92 Å². The molecule has 1 unspecified atom stereocenters. The molecule has 1 aliphatic rings. The lowest BCUT2D eigenvalue weighted by molar-refractivity contribution is -0.121. The predicted molar refractivity (Wildman–Crippen MR) is 110 cm³/mol. The molecule has 1 amide bonds. The van der Waals surface area contributed by atoms with Gasteiger partial charge in [0, 0.05) is 7.11 Å². The Hall–Kier alpha value is -1.31. The summed E-state index contributed by atoms with van der Waals surface area (Å²) in [5.41, 5.74) is 4.49. The zero-order chi connectivity index (χ0) is 20.7. The molecule has 1 rings (SSSR count). The predicted octanol–water partition coefficient (Wildman–Crippen LogP) is 3.74. The Morgan fingerprint density at radius 3 is 2.07 bits per heavy atom. The Labute approximate surface area is 165 Å². The number of nitrogens with two attached hydrogens (primary N) is 1. The second-order valence-electron chi connectivity index (χ2n) is 7.60. The van der Waals surface area contributed by atoms with Crippen LogP contribution in [0.3, 0.4) is 0 Å². The number of hydrogen-bond donors (Lipinski definition) is 1. The van der Waals surface area contributed by atoms with Crippen LogP contribution in [0.15, 0.2) is 23.7 Å². The number of carbonyl (C=O) groups excluding carboxylic acids is 1. The highest BCUT2D eigenvalue weighted by molar-refractivity contribution is 6.71. The van der Waals surface area contributed by atoms with E-state index in [1.807, 2.05) is 0 Å². The molecule has 0 aromatic heterocycles. The van der Waals surface area contributed by atoms with Crippen molar-refractivity contribution in [2.24, 2.45) is 11.7 Å². The van der Waals surface area contributed by atoms with Gasteiger partial charge >= 0.3 is 0 Å². The van der Waals surface area contributed by atoms with Gasteiger partial charge in [-0.2, -0.15) is 0 Å². The first kappa shape index (κ1) is 23.7. The van der Waals surface area contributed by atoms with Crippen molar-refractivity contribution in [3.05, 3.63) is 23.7 Å². The molecule has 1 aliphatic carbocycles. The summed E-state index contributed by atoms with van der Waals surface area (Å²) in [6.07, 6.45) is 7.11. The maximum absolute atomic E-state index is 11.8. The number of rotatable bonds is 12. The fourth-order valence-corrected chi connectivity index (χ4v) is 6.03. The third-order valence-corrected chi connectivity index (χ3v) is 7.56. The second-order valence-corrected chi connectivity index (χ2v) is 11.9. The van der Waals surface area contributed by atoms with E-state index in [2.05, 4.69) is 26.9 Å². The van der Waals surface area contributed by atoms with E-state index >= 15 is 0 Å². The van der Waals surface area contributed by atoms with Crippen LogP contribution in [0.25, 0.3) is 0 Å². The van der Waals surface area contributed by atoms with E-state index in [-0.39, 0.29) is 6.10 Å². The molecule has 0 bridgehead atoms.